The van der Waals surface area contributed by atoms with Crippen LogP contribution in [-0.4, -0.2) is 44.5 Å². The first-order valence-electron chi connectivity index (χ1n) is 12.0. The SMILES string of the molecule is CCOc1cc(-c2nc(C(=O)CCC(=O)c3ccc(OC)c(OC)c3)ccc2OC)cc2ccccc12. The quantitative estimate of drug-likeness (QED) is 0.228. The van der Waals surface area contributed by atoms with Crippen LogP contribution in [0.3, 0.4) is 0 Å². The molecule has 190 valence electrons. The molecule has 0 saturated carbocycles. The Kier molecular flexibility index (Phi) is 8.03. The molecule has 4 aromatic rings. The zero-order chi connectivity index (χ0) is 26.4. The molecule has 0 radical (unpaired) electrons. The lowest BCUT2D eigenvalue weighted by atomic mass is 10.0. The van der Waals surface area contributed by atoms with Gasteiger partial charge >= 0.3 is 0 Å². The maximum Gasteiger partial charge on any atom is 0.181 e. The molecular formula is C30H29NO6. The number of hydrogen-bond donors (Lipinski definition) is 0. The smallest absolute Gasteiger partial charge is 0.181 e. The Morgan fingerprint density at radius 3 is 2.16 bits per heavy atom. The van der Waals surface area contributed by atoms with Gasteiger partial charge in [-0.15, -0.1) is 0 Å². The molecule has 0 aliphatic heterocycles. The summed E-state index contributed by atoms with van der Waals surface area (Å²) in [5.74, 6) is 1.86. The summed E-state index contributed by atoms with van der Waals surface area (Å²) in [6.45, 7) is 2.45. The second kappa shape index (κ2) is 11.6. The number of benzene rings is 3. The van der Waals surface area contributed by atoms with Gasteiger partial charge in [0.15, 0.2) is 23.1 Å². The molecule has 0 unspecified atom stereocenters. The average molecular weight is 500 g/mol. The number of methoxy groups -OCH3 is 3. The summed E-state index contributed by atoms with van der Waals surface area (Å²) in [6.07, 6.45) is 0.0652. The predicted molar refractivity (Wildman–Crippen MR) is 142 cm³/mol. The van der Waals surface area contributed by atoms with Crippen LogP contribution in [0.1, 0.15) is 40.6 Å². The number of ether oxygens (including phenoxy) is 4. The van der Waals surface area contributed by atoms with Crippen LogP contribution in [0, 0.1) is 0 Å². The fraction of sp³-hybridized carbons (Fsp3) is 0.233. The van der Waals surface area contributed by atoms with Gasteiger partial charge in [0.2, 0.25) is 0 Å². The summed E-state index contributed by atoms with van der Waals surface area (Å²) < 4.78 is 21.9. The molecule has 7 heteroatoms. The second-order valence-electron chi connectivity index (χ2n) is 8.29. The predicted octanol–water partition coefficient (Wildman–Crippen LogP) is 6.17. The van der Waals surface area contributed by atoms with Crippen LogP contribution in [0.25, 0.3) is 22.0 Å². The van der Waals surface area contributed by atoms with E-state index in [4.69, 9.17) is 18.9 Å². The Morgan fingerprint density at radius 1 is 0.730 bits per heavy atom. The third kappa shape index (κ3) is 5.56. The van der Waals surface area contributed by atoms with Crippen molar-refractivity contribution in [2.45, 2.75) is 19.8 Å². The van der Waals surface area contributed by atoms with E-state index < -0.39 is 0 Å². The lowest BCUT2D eigenvalue weighted by Crippen LogP contribution is -2.08. The molecule has 0 saturated heterocycles. The molecule has 0 amide bonds. The summed E-state index contributed by atoms with van der Waals surface area (Å²) in [5, 5.41) is 1.98. The van der Waals surface area contributed by atoms with E-state index in [0.717, 1.165) is 22.1 Å². The van der Waals surface area contributed by atoms with E-state index in [0.29, 0.717) is 35.1 Å². The molecule has 0 N–H and O–H groups in total. The van der Waals surface area contributed by atoms with E-state index in [-0.39, 0.29) is 30.1 Å². The van der Waals surface area contributed by atoms with Crippen molar-refractivity contribution in [1.29, 1.82) is 0 Å². The number of rotatable bonds is 11. The van der Waals surface area contributed by atoms with Crippen LogP contribution >= 0.6 is 0 Å². The first-order chi connectivity index (χ1) is 18.0. The Balaban J connectivity index is 1.59. The standard InChI is InChI=1S/C30H29NO6/c1-5-37-28-18-21(16-19-8-6-7-9-22(19)28)30-27(35-3)15-11-23(31-30)25(33)13-12-24(32)20-10-14-26(34-2)29(17-20)36-4/h6-11,14-18H,5,12-13H2,1-4H3. The molecule has 0 atom stereocenters. The average Bonchev–Trinajstić information content (AvgIpc) is 2.94. The monoisotopic (exact) mass is 499 g/mol. The first-order valence-corrected chi connectivity index (χ1v) is 12.0. The lowest BCUT2D eigenvalue weighted by molar-refractivity contribution is 0.0915. The van der Waals surface area contributed by atoms with Crippen LogP contribution in [0.2, 0.25) is 0 Å². The summed E-state index contributed by atoms with van der Waals surface area (Å²) in [4.78, 5) is 30.4. The topological polar surface area (TPSA) is 84.0 Å². The van der Waals surface area contributed by atoms with Gasteiger partial charge in [-0.1, -0.05) is 24.3 Å². The minimum absolute atomic E-state index is 0.0217. The molecule has 0 bridgehead atoms. The first kappa shape index (κ1) is 25.7. The normalized spacial score (nSPS) is 10.7. The third-order valence-electron chi connectivity index (χ3n) is 6.05. The van der Waals surface area contributed by atoms with E-state index in [1.807, 2.05) is 43.3 Å². The van der Waals surface area contributed by atoms with Gasteiger partial charge in [-0.3, -0.25) is 9.59 Å². The van der Waals surface area contributed by atoms with Crippen molar-refractivity contribution in [3.8, 4) is 34.3 Å². The van der Waals surface area contributed by atoms with Crippen molar-refractivity contribution in [3.63, 3.8) is 0 Å². The molecule has 3 aromatic carbocycles. The Hall–Kier alpha value is -4.39. The molecule has 1 aromatic heterocycles. The second-order valence-corrected chi connectivity index (χ2v) is 8.29. The van der Waals surface area contributed by atoms with E-state index in [2.05, 4.69) is 4.98 Å². The number of hydrogen-bond acceptors (Lipinski definition) is 7. The van der Waals surface area contributed by atoms with Gasteiger partial charge in [-0.25, -0.2) is 4.98 Å². The number of ketones is 2. The highest BCUT2D eigenvalue weighted by atomic mass is 16.5. The minimum Gasteiger partial charge on any atom is -0.494 e. The van der Waals surface area contributed by atoms with Crippen molar-refractivity contribution < 1.29 is 28.5 Å². The number of fused-ring (bicyclic) bond motifs is 1. The Bertz CT molecular complexity index is 1450. The molecule has 0 aliphatic rings. The van der Waals surface area contributed by atoms with Crippen LogP contribution in [0.15, 0.2) is 66.7 Å². The van der Waals surface area contributed by atoms with Gasteiger partial charge in [0.25, 0.3) is 0 Å². The van der Waals surface area contributed by atoms with Gasteiger partial charge in [-0.05, 0) is 54.8 Å². The van der Waals surface area contributed by atoms with Crippen molar-refractivity contribution in [3.05, 3.63) is 78.0 Å². The van der Waals surface area contributed by atoms with E-state index in [1.54, 1.807) is 37.4 Å². The molecule has 0 fully saturated rings. The molecular weight excluding hydrogens is 470 g/mol. The highest BCUT2D eigenvalue weighted by molar-refractivity contribution is 6.02. The van der Waals surface area contributed by atoms with Gasteiger partial charge < -0.3 is 18.9 Å². The summed E-state index contributed by atoms with van der Waals surface area (Å²) in [5.41, 5.74) is 2.02. The molecule has 0 aliphatic carbocycles. The van der Waals surface area contributed by atoms with Crippen molar-refractivity contribution in [1.82, 2.24) is 4.98 Å². The molecule has 37 heavy (non-hydrogen) atoms. The summed E-state index contributed by atoms with van der Waals surface area (Å²) in [7, 11) is 4.60. The highest BCUT2D eigenvalue weighted by Gasteiger charge is 2.18. The van der Waals surface area contributed by atoms with Gasteiger partial charge in [0, 0.05) is 29.4 Å². The van der Waals surface area contributed by atoms with Crippen molar-refractivity contribution in [2.75, 3.05) is 27.9 Å². The molecule has 1 heterocycles. The maximum absolute atomic E-state index is 13.0. The van der Waals surface area contributed by atoms with Crippen LogP contribution in [0.5, 0.6) is 23.0 Å². The molecule has 0 spiro atoms. The van der Waals surface area contributed by atoms with Crippen LogP contribution in [-0.2, 0) is 0 Å². The number of carbonyl (C=O) groups is 2. The molecule has 4 rings (SSSR count). The summed E-state index contributed by atoms with van der Waals surface area (Å²) >= 11 is 0. The Morgan fingerprint density at radius 2 is 1.43 bits per heavy atom. The van der Waals surface area contributed by atoms with E-state index in [1.165, 1.54) is 14.2 Å². The minimum atomic E-state index is -0.233. The van der Waals surface area contributed by atoms with E-state index >= 15 is 0 Å². The number of nitrogens with zero attached hydrogens (tertiary/aromatic N) is 1. The number of aromatic nitrogens is 1. The molecule has 7 nitrogen and oxygen atoms in total. The fourth-order valence-electron chi connectivity index (χ4n) is 4.17. The highest BCUT2D eigenvalue weighted by Crippen LogP contribution is 2.36. The zero-order valence-corrected chi connectivity index (χ0v) is 21.4. The van der Waals surface area contributed by atoms with Gasteiger partial charge in [0.1, 0.15) is 22.9 Å². The van der Waals surface area contributed by atoms with Crippen molar-refractivity contribution >= 4 is 22.3 Å². The zero-order valence-electron chi connectivity index (χ0n) is 21.4. The van der Waals surface area contributed by atoms with Crippen molar-refractivity contribution in [2.24, 2.45) is 0 Å². The van der Waals surface area contributed by atoms with Gasteiger partial charge in [0.05, 0.1) is 27.9 Å². The maximum atomic E-state index is 13.0. The lowest BCUT2D eigenvalue weighted by Gasteiger charge is -2.13. The van der Waals surface area contributed by atoms with Gasteiger partial charge in [-0.2, -0.15) is 0 Å². The van der Waals surface area contributed by atoms with Crippen LogP contribution < -0.4 is 18.9 Å². The third-order valence-corrected chi connectivity index (χ3v) is 6.05. The largest absolute Gasteiger partial charge is 0.494 e. The summed E-state index contributed by atoms with van der Waals surface area (Å²) in [6, 6.07) is 20.1. The fourth-order valence-corrected chi connectivity index (χ4v) is 4.17. The van der Waals surface area contributed by atoms with E-state index in [9.17, 15) is 9.59 Å². The number of pyridine rings is 1. The number of Topliss-reactive ketones (excluding diaryl/α,β-unsaturated/α-hetero) is 2. The van der Waals surface area contributed by atoms with Crippen LogP contribution in [0.4, 0.5) is 0 Å². The number of carbonyl (C=O) groups excluding carboxylic acids is 2. The Labute approximate surface area is 216 Å².